The molecule has 12 heavy (non-hydrogen) atoms. The van der Waals surface area contributed by atoms with Crippen molar-refractivity contribution < 1.29 is 9.90 Å². The summed E-state index contributed by atoms with van der Waals surface area (Å²) in [6.45, 7) is 7.28. The lowest BCUT2D eigenvalue weighted by atomic mass is 10.0. The normalized spacial score (nSPS) is 23.4. The third kappa shape index (κ3) is 1.31. The predicted octanol–water partition coefficient (Wildman–Crippen LogP) is 0.146. The van der Waals surface area contributed by atoms with Crippen molar-refractivity contribution in [2.45, 2.75) is 6.10 Å². The molecule has 1 aliphatic rings. The molecule has 0 aromatic carbocycles. The minimum Gasteiger partial charge on any atom is -0.383 e. The van der Waals surface area contributed by atoms with E-state index in [0.29, 0.717) is 11.3 Å². The van der Waals surface area contributed by atoms with Gasteiger partial charge in [-0.3, -0.25) is 4.79 Å². The lowest BCUT2D eigenvalue weighted by Gasteiger charge is -2.20. The minimum absolute atomic E-state index is 0.248. The van der Waals surface area contributed by atoms with E-state index < -0.39 is 6.10 Å². The summed E-state index contributed by atoms with van der Waals surface area (Å²) >= 11 is 0. The average Bonchev–Trinajstić information content (AvgIpc) is 2.09. The molecule has 3 nitrogen and oxygen atoms in total. The molecular formula is C9H11NO2. The molecule has 1 aliphatic heterocycles. The van der Waals surface area contributed by atoms with E-state index in [0.717, 1.165) is 0 Å². The summed E-state index contributed by atoms with van der Waals surface area (Å²) < 4.78 is 0. The third-order valence-corrected chi connectivity index (χ3v) is 1.75. The molecule has 1 heterocycles. The Morgan fingerprint density at radius 3 is 2.67 bits per heavy atom. The van der Waals surface area contributed by atoms with Crippen molar-refractivity contribution in [3.05, 3.63) is 36.6 Å². The Balaban J connectivity index is 3.07. The van der Waals surface area contributed by atoms with Crippen LogP contribution in [0, 0.1) is 0 Å². The molecule has 2 N–H and O–H groups in total. The summed E-state index contributed by atoms with van der Waals surface area (Å²) in [6, 6.07) is 0. The van der Waals surface area contributed by atoms with Gasteiger partial charge in [-0.2, -0.15) is 0 Å². The summed E-state index contributed by atoms with van der Waals surface area (Å²) in [6.07, 6.45) is 2.01. The summed E-state index contributed by atoms with van der Waals surface area (Å²) in [7, 11) is 0. The number of ketones is 1. The molecular weight excluding hydrogens is 154 g/mol. The molecule has 0 spiro atoms. The van der Waals surface area contributed by atoms with E-state index in [4.69, 9.17) is 5.11 Å². The van der Waals surface area contributed by atoms with E-state index in [1.807, 2.05) is 0 Å². The van der Waals surface area contributed by atoms with Crippen molar-refractivity contribution in [2.75, 3.05) is 6.54 Å². The molecule has 0 aromatic heterocycles. The molecule has 1 atom stereocenters. The molecule has 0 saturated carbocycles. The van der Waals surface area contributed by atoms with E-state index in [1.165, 1.54) is 6.08 Å². The van der Waals surface area contributed by atoms with Crippen molar-refractivity contribution >= 4 is 5.78 Å². The number of rotatable bonds is 2. The second-order valence-electron chi connectivity index (χ2n) is 2.50. The Bertz CT molecular complexity index is 266. The zero-order valence-electron chi connectivity index (χ0n) is 6.71. The quantitative estimate of drug-likeness (QED) is 0.612. The fraction of sp³-hybridized carbons (Fsp3) is 0.222. The highest BCUT2D eigenvalue weighted by atomic mass is 16.3. The molecule has 0 radical (unpaired) electrons. The highest BCUT2D eigenvalue weighted by Gasteiger charge is 2.24. The SMILES string of the molecule is C=CC1=C(C=C)C(=O)C(O)CN1. The Labute approximate surface area is 71.1 Å². The predicted molar refractivity (Wildman–Crippen MR) is 46.4 cm³/mol. The Morgan fingerprint density at radius 2 is 2.17 bits per heavy atom. The zero-order valence-corrected chi connectivity index (χ0v) is 6.71. The first-order valence-electron chi connectivity index (χ1n) is 3.66. The van der Waals surface area contributed by atoms with Gasteiger partial charge in [-0.25, -0.2) is 0 Å². The summed E-state index contributed by atoms with van der Waals surface area (Å²) in [5.74, 6) is -0.293. The highest BCUT2D eigenvalue weighted by molar-refractivity contribution is 6.03. The van der Waals surface area contributed by atoms with Gasteiger partial charge < -0.3 is 10.4 Å². The van der Waals surface area contributed by atoms with Gasteiger partial charge in [0.25, 0.3) is 0 Å². The monoisotopic (exact) mass is 165 g/mol. The molecule has 0 amide bonds. The number of hydrogen-bond donors (Lipinski definition) is 2. The van der Waals surface area contributed by atoms with E-state index in [1.54, 1.807) is 6.08 Å². The summed E-state index contributed by atoms with van der Waals surface area (Å²) in [4.78, 5) is 11.3. The molecule has 3 heteroatoms. The summed E-state index contributed by atoms with van der Waals surface area (Å²) in [5, 5.41) is 12.0. The number of aliphatic hydroxyl groups excluding tert-OH is 1. The standard InChI is InChI=1S/C9H11NO2/c1-3-6-7(4-2)10-5-8(11)9(6)12/h3-4,8,10-11H,1-2,5H2. The maximum atomic E-state index is 11.3. The van der Waals surface area contributed by atoms with E-state index in [2.05, 4.69) is 18.5 Å². The average molecular weight is 165 g/mol. The van der Waals surface area contributed by atoms with Crippen LogP contribution in [0.5, 0.6) is 0 Å². The molecule has 1 rings (SSSR count). The van der Waals surface area contributed by atoms with Gasteiger partial charge in [0.05, 0.1) is 0 Å². The van der Waals surface area contributed by atoms with Gasteiger partial charge in [-0.05, 0) is 6.08 Å². The van der Waals surface area contributed by atoms with Crippen molar-refractivity contribution in [1.29, 1.82) is 0 Å². The van der Waals surface area contributed by atoms with Crippen molar-refractivity contribution in [3.8, 4) is 0 Å². The topological polar surface area (TPSA) is 49.3 Å². The number of nitrogens with one attached hydrogen (secondary N) is 1. The van der Waals surface area contributed by atoms with Gasteiger partial charge in [-0.15, -0.1) is 0 Å². The van der Waals surface area contributed by atoms with Crippen LogP contribution in [0.25, 0.3) is 0 Å². The van der Waals surface area contributed by atoms with E-state index in [-0.39, 0.29) is 12.3 Å². The summed E-state index contributed by atoms with van der Waals surface area (Å²) in [5.41, 5.74) is 1.05. The number of β-amino-alcohol motifs (C(OH)–C–C–N with tert-alkyl or cyclic N) is 1. The smallest absolute Gasteiger partial charge is 0.195 e. The molecule has 0 fully saturated rings. The maximum absolute atomic E-state index is 11.3. The number of allylic oxidation sites excluding steroid dienone is 2. The number of hydrogen-bond acceptors (Lipinski definition) is 3. The first-order valence-corrected chi connectivity index (χ1v) is 3.66. The van der Waals surface area contributed by atoms with Gasteiger partial charge >= 0.3 is 0 Å². The number of Topliss-reactive ketones (excluding diaryl/α,β-unsaturated/α-hetero) is 1. The van der Waals surface area contributed by atoms with Gasteiger partial charge in [0.2, 0.25) is 0 Å². The van der Waals surface area contributed by atoms with Crippen LogP contribution >= 0.6 is 0 Å². The number of carbonyl (C=O) groups excluding carboxylic acids is 1. The van der Waals surface area contributed by atoms with E-state index in [9.17, 15) is 4.79 Å². The molecule has 0 aliphatic carbocycles. The Kier molecular flexibility index (Phi) is 2.45. The maximum Gasteiger partial charge on any atom is 0.195 e. The zero-order chi connectivity index (χ0) is 9.14. The second-order valence-corrected chi connectivity index (χ2v) is 2.50. The van der Waals surface area contributed by atoms with Crippen LogP contribution in [-0.2, 0) is 4.79 Å². The highest BCUT2D eigenvalue weighted by Crippen LogP contribution is 2.12. The molecule has 64 valence electrons. The lowest BCUT2D eigenvalue weighted by Crippen LogP contribution is -2.39. The van der Waals surface area contributed by atoms with Crippen LogP contribution in [0.1, 0.15) is 0 Å². The molecule has 0 aromatic rings. The van der Waals surface area contributed by atoms with Crippen LogP contribution in [0.4, 0.5) is 0 Å². The van der Waals surface area contributed by atoms with Gasteiger partial charge in [0.1, 0.15) is 6.10 Å². The lowest BCUT2D eigenvalue weighted by molar-refractivity contribution is -0.123. The van der Waals surface area contributed by atoms with Gasteiger partial charge in [0.15, 0.2) is 5.78 Å². The van der Waals surface area contributed by atoms with Crippen molar-refractivity contribution in [1.82, 2.24) is 5.32 Å². The first kappa shape index (κ1) is 8.74. The minimum atomic E-state index is -0.957. The van der Waals surface area contributed by atoms with Crippen molar-refractivity contribution in [3.63, 3.8) is 0 Å². The fourth-order valence-corrected chi connectivity index (χ4v) is 1.10. The van der Waals surface area contributed by atoms with Crippen LogP contribution in [-0.4, -0.2) is 23.5 Å². The largest absolute Gasteiger partial charge is 0.383 e. The van der Waals surface area contributed by atoms with Crippen LogP contribution in [0.2, 0.25) is 0 Å². The second kappa shape index (κ2) is 3.36. The number of carbonyl (C=O) groups is 1. The Morgan fingerprint density at radius 1 is 1.50 bits per heavy atom. The molecule has 0 saturated heterocycles. The number of aliphatic hydroxyl groups is 1. The van der Waals surface area contributed by atoms with Gasteiger partial charge in [0, 0.05) is 17.8 Å². The molecule has 1 unspecified atom stereocenters. The van der Waals surface area contributed by atoms with Gasteiger partial charge in [-0.1, -0.05) is 19.2 Å². The molecule has 0 bridgehead atoms. The van der Waals surface area contributed by atoms with E-state index >= 15 is 0 Å². The fourth-order valence-electron chi connectivity index (χ4n) is 1.10. The van der Waals surface area contributed by atoms with Crippen LogP contribution in [0.15, 0.2) is 36.6 Å². The Hall–Kier alpha value is -1.35. The van der Waals surface area contributed by atoms with Crippen LogP contribution in [0.3, 0.4) is 0 Å². The first-order chi connectivity index (χ1) is 5.70. The third-order valence-electron chi connectivity index (χ3n) is 1.75. The van der Waals surface area contributed by atoms with Crippen LogP contribution < -0.4 is 5.32 Å². The van der Waals surface area contributed by atoms with Crippen molar-refractivity contribution in [2.24, 2.45) is 0 Å².